The van der Waals surface area contributed by atoms with Crippen LogP contribution in [-0.4, -0.2) is 55.1 Å². The van der Waals surface area contributed by atoms with E-state index >= 15 is 0 Å². The molecule has 0 unspecified atom stereocenters. The summed E-state index contributed by atoms with van der Waals surface area (Å²) in [6.07, 6.45) is 0.257. The van der Waals surface area contributed by atoms with Gasteiger partial charge in [0.25, 0.3) is 0 Å². The summed E-state index contributed by atoms with van der Waals surface area (Å²) in [6.45, 7) is 6.78. The third-order valence-electron chi connectivity index (χ3n) is 4.78. The van der Waals surface area contributed by atoms with E-state index < -0.39 is 5.82 Å². The number of ether oxygens (including phenoxy) is 2. The van der Waals surface area contributed by atoms with Crippen molar-refractivity contribution in [2.45, 2.75) is 19.9 Å². The number of rotatable bonds is 8. The predicted molar refractivity (Wildman–Crippen MR) is 106 cm³/mol. The van der Waals surface area contributed by atoms with E-state index in [1.165, 1.54) is 11.6 Å². The number of benzene rings is 2. The van der Waals surface area contributed by atoms with Gasteiger partial charge in [0.15, 0.2) is 11.6 Å². The van der Waals surface area contributed by atoms with Gasteiger partial charge < -0.3 is 14.4 Å². The molecule has 0 saturated carbocycles. The lowest BCUT2D eigenvalue weighted by Crippen LogP contribution is -2.48. The van der Waals surface area contributed by atoms with E-state index in [1.54, 1.807) is 18.2 Å². The maximum absolute atomic E-state index is 13.5. The van der Waals surface area contributed by atoms with E-state index in [2.05, 4.69) is 17.0 Å². The molecule has 5 nitrogen and oxygen atoms in total. The van der Waals surface area contributed by atoms with Crippen LogP contribution >= 0.6 is 0 Å². The Morgan fingerprint density at radius 3 is 2.39 bits per heavy atom. The molecule has 2 aromatic carbocycles. The first kappa shape index (κ1) is 20.1. The van der Waals surface area contributed by atoms with Crippen molar-refractivity contribution < 1.29 is 18.7 Å². The Hall–Kier alpha value is -2.60. The van der Waals surface area contributed by atoms with Crippen LogP contribution in [0.25, 0.3) is 0 Å². The highest BCUT2D eigenvalue weighted by molar-refractivity contribution is 5.76. The molecule has 3 rings (SSSR count). The van der Waals surface area contributed by atoms with E-state index in [1.807, 2.05) is 24.0 Å². The molecule has 1 amide bonds. The second-order valence-electron chi connectivity index (χ2n) is 6.76. The van der Waals surface area contributed by atoms with Crippen LogP contribution in [0.15, 0.2) is 48.5 Å². The van der Waals surface area contributed by atoms with Crippen molar-refractivity contribution in [3.8, 4) is 11.5 Å². The lowest BCUT2D eigenvalue weighted by Gasteiger charge is -2.34. The van der Waals surface area contributed by atoms with Gasteiger partial charge in [-0.2, -0.15) is 0 Å². The monoisotopic (exact) mass is 386 g/mol. The number of amides is 1. The Balaban J connectivity index is 1.38. The van der Waals surface area contributed by atoms with Crippen molar-refractivity contribution in [1.82, 2.24) is 9.80 Å². The van der Waals surface area contributed by atoms with Crippen LogP contribution in [0.3, 0.4) is 0 Å². The molecule has 1 aliphatic heterocycles. The number of hydrogen-bond acceptors (Lipinski definition) is 4. The third-order valence-corrected chi connectivity index (χ3v) is 4.78. The molecule has 1 heterocycles. The molecule has 0 atom stereocenters. The molecule has 0 N–H and O–H groups in total. The van der Waals surface area contributed by atoms with Gasteiger partial charge in [-0.25, -0.2) is 4.39 Å². The first-order chi connectivity index (χ1) is 13.7. The third kappa shape index (κ3) is 5.70. The van der Waals surface area contributed by atoms with Crippen LogP contribution < -0.4 is 9.47 Å². The van der Waals surface area contributed by atoms with Crippen molar-refractivity contribution >= 4 is 5.91 Å². The standard InChI is InChI=1S/C22H27FN2O3/c1-2-27-19-9-7-18(8-10-19)17-24-12-14-25(15-13-24)22(26)11-16-28-21-6-4-3-5-20(21)23/h3-10H,2,11-17H2,1H3. The fourth-order valence-corrected chi connectivity index (χ4v) is 3.24. The number of nitrogens with zero attached hydrogens (tertiary/aromatic N) is 2. The Morgan fingerprint density at radius 2 is 1.71 bits per heavy atom. The van der Waals surface area contributed by atoms with E-state index in [0.717, 1.165) is 25.4 Å². The molecule has 6 heteroatoms. The first-order valence-electron chi connectivity index (χ1n) is 9.75. The van der Waals surface area contributed by atoms with Gasteiger partial charge in [0.2, 0.25) is 5.91 Å². The molecule has 0 spiro atoms. The SMILES string of the molecule is CCOc1ccc(CN2CCN(C(=O)CCOc3ccccc3F)CC2)cc1. The second-order valence-corrected chi connectivity index (χ2v) is 6.76. The van der Waals surface area contributed by atoms with E-state index in [-0.39, 0.29) is 24.7 Å². The fourth-order valence-electron chi connectivity index (χ4n) is 3.24. The number of halogens is 1. The highest BCUT2D eigenvalue weighted by Gasteiger charge is 2.21. The average molecular weight is 386 g/mol. The van der Waals surface area contributed by atoms with Crippen LogP contribution in [0.2, 0.25) is 0 Å². The van der Waals surface area contributed by atoms with Gasteiger partial charge in [-0.1, -0.05) is 24.3 Å². The summed E-state index contributed by atoms with van der Waals surface area (Å²) < 4.78 is 24.4. The van der Waals surface area contributed by atoms with Crippen LogP contribution in [-0.2, 0) is 11.3 Å². The van der Waals surface area contributed by atoms with Crippen LogP contribution in [0.5, 0.6) is 11.5 Å². The van der Waals surface area contributed by atoms with E-state index in [9.17, 15) is 9.18 Å². The van der Waals surface area contributed by atoms with Gasteiger partial charge in [-0.05, 0) is 36.8 Å². The summed E-state index contributed by atoms with van der Waals surface area (Å²) in [4.78, 5) is 16.6. The minimum Gasteiger partial charge on any atom is -0.494 e. The zero-order valence-corrected chi connectivity index (χ0v) is 16.3. The minimum absolute atomic E-state index is 0.0528. The first-order valence-corrected chi connectivity index (χ1v) is 9.75. The van der Waals surface area contributed by atoms with Gasteiger partial charge in [0, 0.05) is 32.7 Å². The van der Waals surface area contributed by atoms with Crippen LogP contribution in [0, 0.1) is 5.82 Å². The normalized spacial score (nSPS) is 14.7. The van der Waals surface area contributed by atoms with E-state index in [4.69, 9.17) is 9.47 Å². The van der Waals surface area contributed by atoms with Gasteiger partial charge in [0.05, 0.1) is 19.6 Å². The summed E-state index contributed by atoms with van der Waals surface area (Å²) in [5.41, 5.74) is 1.24. The molecule has 1 saturated heterocycles. The Labute approximate surface area is 165 Å². The molecule has 0 bridgehead atoms. The molecular weight excluding hydrogens is 359 g/mol. The van der Waals surface area contributed by atoms with Crippen molar-refractivity contribution in [3.63, 3.8) is 0 Å². The summed E-state index contributed by atoms with van der Waals surface area (Å²) >= 11 is 0. The summed E-state index contributed by atoms with van der Waals surface area (Å²) in [5.74, 6) is 0.727. The summed E-state index contributed by atoms with van der Waals surface area (Å²) in [5, 5.41) is 0. The van der Waals surface area contributed by atoms with Crippen molar-refractivity contribution in [2.75, 3.05) is 39.4 Å². The van der Waals surface area contributed by atoms with Crippen molar-refractivity contribution in [2.24, 2.45) is 0 Å². The molecular formula is C22H27FN2O3. The minimum atomic E-state index is -0.405. The van der Waals surface area contributed by atoms with E-state index in [0.29, 0.717) is 19.7 Å². The topological polar surface area (TPSA) is 42.0 Å². The molecule has 0 radical (unpaired) electrons. The summed E-state index contributed by atoms with van der Waals surface area (Å²) in [7, 11) is 0. The highest BCUT2D eigenvalue weighted by Crippen LogP contribution is 2.17. The Bertz CT molecular complexity index is 759. The number of para-hydroxylation sites is 1. The largest absolute Gasteiger partial charge is 0.494 e. The molecule has 1 aliphatic rings. The number of carbonyl (C=O) groups is 1. The predicted octanol–water partition coefficient (Wildman–Crippen LogP) is 3.34. The Morgan fingerprint density at radius 1 is 1.00 bits per heavy atom. The fraction of sp³-hybridized carbons (Fsp3) is 0.409. The van der Waals surface area contributed by atoms with Gasteiger partial charge in [-0.15, -0.1) is 0 Å². The molecule has 0 aliphatic carbocycles. The van der Waals surface area contributed by atoms with Gasteiger partial charge >= 0.3 is 0 Å². The van der Waals surface area contributed by atoms with Crippen molar-refractivity contribution in [1.29, 1.82) is 0 Å². The molecule has 2 aromatic rings. The molecule has 1 fully saturated rings. The lowest BCUT2D eigenvalue weighted by molar-refractivity contribution is -0.133. The molecule has 0 aromatic heterocycles. The maximum Gasteiger partial charge on any atom is 0.226 e. The Kier molecular flexibility index (Phi) is 7.25. The highest BCUT2D eigenvalue weighted by atomic mass is 19.1. The number of hydrogen-bond donors (Lipinski definition) is 0. The van der Waals surface area contributed by atoms with Crippen LogP contribution in [0.1, 0.15) is 18.9 Å². The van der Waals surface area contributed by atoms with Gasteiger partial charge in [-0.3, -0.25) is 9.69 Å². The molecule has 28 heavy (non-hydrogen) atoms. The average Bonchev–Trinajstić information content (AvgIpc) is 2.71. The smallest absolute Gasteiger partial charge is 0.226 e. The zero-order valence-electron chi connectivity index (χ0n) is 16.3. The van der Waals surface area contributed by atoms with Crippen molar-refractivity contribution in [3.05, 3.63) is 59.9 Å². The summed E-state index contributed by atoms with van der Waals surface area (Å²) in [6, 6.07) is 14.4. The molecule has 150 valence electrons. The quantitative estimate of drug-likeness (QED) is 0.698. The van der Waals surface area contributed by atoms with Crippen LogP contribution in [0.4, 0.5) is 4.39 Å². The zero-order chi connectivity index (χ0) is 19.8. The second kappa shape index (κ2) is 10.1. The lowest BCUT2D eigenvalue weighted by atomic mass is 10.2. The number of piperazine rings is 1. The number of carbonyl (C=O) groups excluding carboxylic acids is 1. The maximum atomic E-state index is 13.5. The van der Waals surface area contributed by atoms with Gasteiger partial charge in [0.1, 0.15) is 5.75 Å².